The number of anilines is 2. The molecule has 0 spiro atoms. The van der Waals surface area contributed by atoms with Crippen molar-refractivity contribution < 1.29 is 13.3 Å². The second kappa shape index (κ2) is 5.79. The summed E-state index contributed by atoms with van der Waals surface area (Å²) in [5.41, 5.74) is -0.358. The molecule has 0 unspecified atom stereocenters. The van der Waals surface area contributed by atoms with Gasteiger partial charge in [-0.15, -0.1) is 0 Å². The average Bonchev–Trinajstić information content (AvgIpc) is 2.90. The van der Waals surface area contributed by atoms with E-state index >= 15 is 0 Å². The van der Waals surface area contributed by atoms with Gasteiger partial charge in [0.15, 0.2) is 4.90 Å². The van der Waals surface area contributed by atoms with E-state index in [1.54, 1.807) is 6.92 Å². The topological polar surface area (TPSA) is 130 Å². The second-order valence-electron chi connectivity index (χ2n) is 3.98. The monoisotopic (exact) mass is 311 g/mol. The van der Waals surface area contributed by atoms with Crippen LogP contribution < -0.4 is 10.0 Å². The highest BCUT2D eigenvalue weighted by Crippen LogP contribution is 2.32. The smallest absolute Gasteiger partial charge is 0.312 e. The van der Waals surface area contributed by atoms with Gasteiger partial charge >= 0.3 is 5.69 Å². The van der Waals surface area contributed by atoms with Crippen LogP contribution in [0.4, 0.5) is 17.3 Å². The van der Waals surface area contributed by atoms with Crippen LogP contribution in [0.3, 0.4) is 0 Å². The maximum Gasteiger partial charge on any atom is 0.312 e. The van der Waals surface area contributed by atoms with Gasteiger partial charge in [0.1, 0.15) is 5.69 Å². The minimum absolute atomic E-state index is 0.0156. The lowest BCUT2D eigenvalue weighted by Crippen LogP contribution is -2.16. The predicted molar refractivity (Wildman–Crippen MR) is 76.7 cm³/mol. The Morgan fingerprint density at radius 3 is 2.76 bits per heavy atom. The van der Waals surface area contributed by atoms with Crippen molar-refractivity contribution in [3.05, 3.63) is 40.7 Å². The number of nitrogens with one attached hydrogen (secondary N) is 3. The number of hydrogen-bond donors (Lipinski definition) is 3. The van der Waals surface area contributed by atoms with Gasteiger partial charge in [0.25, 0.3) is 10.0 Å². The van der Waals surface area contributed by atoms with Gasteiger partial charge in [0.05, 0.1) is 4.92 Å². The highest BCUT2D eigenvalue weighted by molar-refractivity contribution is 7.92. The van der Waals surface area contributed by atoms with Gasteiger partial charge in [-0.25, -0.2) is 18.1 Å². The molecule has 112 valence electrons. The Hall–Kier alpha value is -2.62. The number of rotatable bonds is 6. The minimum Gasteiger partial charge on any atom is -0.380 e. The quantitative estimate of drug-likeness (QED) is 0.548. The maximum absolute atomic E-state index is 12.3. The summed E-state index contributed by atoms with van der Waals surface area (Å²) >= 11 is 0. The molecule has 0 bridgehead atoms. The second-order valence-corrected chi connectivity index (χ2v) is 5.63. The number of imidazole rings is 1. The summed E-state index contributed by atoms with van der Waals surface area (Å²) in [4.78, 5) is 16.4. The molecule has 3 N–H and O–H groups in total. The van der Waals surface area contributed by atoms with Gasteiger partial charge in [0.2, 0.25) is 5.95 Å². The van der Waals surface area contributed by atoms with E-state index in [0.717, 1.165) is 0 Å². The van der Waals surface area contributed by atoms with E-state index in [9.17, 15) is 18.5 Å². The third kappa shape index (κ3) is 3.11. The Labute approximate surface area is 120 Å². The third-order valence-corrected chi connectivity index (χ3v) is 3.94. The number of nitro benzene ring substituents is 1. The SMILES string of the molecule is CCNc1cccc(S(=O)(=O)Nc2ncc[nH]2)c1[N+](=O)[O-]. The van der Waals surface area contributed by atoms with Crippen molar-refractivity contribution in [2.75, 3.05) is 16.6 Å². The Bertz CT molecular complexity index is 742. The summed E-state index contributed by atoms with van der Waals surface area (Å²) in [5, 5.41) is 14.0. The average molecular weight is 311 g/mol. The molecule has 0 amide bonds. The number of nitrogens with zero attached hydrogens (tertiary/aromatic N) is 2. The molecule has 0 aliphatic rings. The number of para-hydroxylation sites is 1. The first-order valence-corrected chi connectivity index (χ1v) is 7.47. The molecule has 1 aromatic carbocycles. The van der Waals surface area contributed by atoms with Gasteiger partial charge in [0, 0.05) is 18.9 Å². The van der Waals surface area contributed by atoms with Crippen molar-refractivity contribution in [3.63, 3.8) is 0 Å². The lowest BCUT2D eigenvalue weighted by Gasteiger charge is -2.10. The van der Waals surface area contributed by atoms with Crippen molar-refractivity contribution in [3.8, 4) is 0 Å². The maximum atomic E-state index is 12.3. The van der Waals surface area contributed by atoms with E-state index in [2.05, 4.69) is 20.0 Å². The van der Waals surface area contributed by atoms with E-state index < -0.39 is 25.5 Å². The molecule has 9 nitrogen and oxygen atoms in total. The summed E-state index contributed by atoms with van der Waals surface area (Å²) in [6.45, 7) is 2.18. The molecule has 10 heteroatoms. The van der Waals surface area contributed by atoms with Crippen molar-refractivity contribution in [1.29, 1.82) is 0 Å². The Morgan fingerprint density at radius 2 is 2.19 bits per heavy atom. The van der Waals surface area contributed by atoms with Crippen LogP contribution in [0.5, 0.6) is 0 Å². The van der Waals surface area contributed by atoms with E-state index in [-0.39, 0.29) is 11.6 Å². The van der Waals surface area contributed by atoms with E-state index in [0.29, 0.717) is 6.54 Å². The molecular weight excluding hydrogens is 298 g/mol. The number of nitro groups is 1. The molecule has 1 heterocycles. The third-order valence-electron chi connectivity index (χ3n) is 2.57. The number of benzene rings is 1. The molecular formula is C11H13N5O4S. The number of H-pyrrole nitrogens is 1. The first kappa shape index (κ1) is 14.8. The summed E-state index contributed by atoms with van der Waals surface area (Å²) in [5.74, 6) is -0.0156. The summed E-state index contributed by atoms with van der Waals surface area (Å²) < 4.78 is 26.7. The number of sulfonamides is 1. The van der Waals surface area contributed by atoms with Crippen LogP contribution in [0, 0.1) is 10.1 Å². The highest BCUT2D eigenvalue weighted by atomic mass is 32.2. The zero-order chi connectivity index (χ0) is 15.5. The van der Waals surface area contributed by atoms with Crippen LogP contribution in [0.15, 0.2) is 35.5 Å². The van der Waals surface area contributed by atoms with Crippen LogP contribution in [0.1, 0.15) is 6.92 Å². The van der Waals surface area contributed by atoms with Crippen molar-refractivity contribution in [2.24, 2.45) is 0 Å². The standard InChI is InChI=1S/C11H13N5O4S/c1-2-12-8-4-3-5-9(10(8)16(17)18)21(19,20)15-11-13-6-7-14-11/h3-7,12H,2H2,1H3,(H2,13,14,15). The Balaban J connectivity index is 2.52. The van der Waals surface area contributed by atoms with Gasteiger partial charge < -0.3 is 10.3 Å². The van der Waals surface area contributed by atoms with Crippen LogP contribution >= 0.6 is 0 Å². The van der Waals surface area contributed by atoms with Gasteiger partial charge in [-0.3, -0.25) is 10.1 Å². The summed E-state index contributed by atoms with van der Waals surface area (Å²) in [6.07, 6.45) is 2.79. The van der Waals surface area contributed by atoms with Crippen LogP contribution in [-0.4, -0.2) is 29.9 Å². The van der Waals surface area contributed by atoms with Crippen LogP contribution in [-0.2, 0) is 10.0 Å². The van der Waals surface area contributed by atoms with E-state index in [1.165, 1.54) is 30.6 Å². The largest absolute Gasteiger partial charge is 0.380 e. The zero-order valence-electron chi connectivity index (χ0n) is 11.0. The molecule has 0 atom stereocenters. The van der Waals surface area contributed by atoms with Gasteiger partial charge in [-0.05, 0) is 19.1 Å². The van der Waals surface area contributed by atoms with Crippen molar-refractivity contribution in [1.82, 2.24) is 9.97 Å². The molecule has 0 fully saturated rings. The Kier molecular flexibility index (Phi) is 4.08. The molecule has 0 radical (unpaired) electrons. The fraction of sp³-hybridized carbons (Fsp3) is 0.182. The van der Waals surface area contributed by atoms with Gasteiger partial charge in [-0.2, -0.15) is 0 Å². The first-order chi connectivity index (χ1) is 9.95. The molecule has 1 aromatic heterocycles. The van der Waals surface area contributed by atoms with Crippen LogP contribution in [0.2, 0.25) is 0 Å². The molecule has 0 saturated carbocycles. The highest BCUT2D eigenvalue weighted by Gasteiger charge is 2.29. The van der Waals surface area contributed by atoms with E-state index in [4.69, 9.17) is 0 Å². The van der Waals surface area contributed by atoms with Gasteiger partial charge in [-0.1, -0.05) is 6.07 Å². The normalized spacial score (nSPS) is 11.1. The molecule has 0 aliphatic carbocycles. The van der Waals surface area contributed by atoms with Crippen molar-refractivity contribution >= 4 is 27.3 Å². The molecule has 2 rings (SSSR count). The zero-order valence-corrected chi connectivity index (χ0v) is 11.8. The lowest BCUT2D eigenvalue weighted by molar-refractivity contribution is -0.386. The molecule has 21 heavy (non-hydrogen) atoms. The first-order valence-electron chi connectivity index (χ1n) is 5.99. The molecule has 0 aliphatic heterocycles. The number of aromatic amines is 1. The fourth-order valence-corrected chi connectivity index (χ4v) is 2.94. The summed E-state index contributed by atoms with van der Waals surface area (Å²) in [6, 6.07) is 4.06. The molecule has 2 aromatic rings. The minimum atomic E-state index is -4.13. The van der Waals surface area contributed by atoms with Crippen molar-refractivity contribution in [2.45, 2.75) is 11.8 Å². The number of hydrogen-bond acceptors (Lipinski definition) is 6. The fourth-order valence-electron chi connectivity index (χ4n) is 1.76. The number of aromatic nitrogens is 2. The molecule has 0 saturated heterocycles. The summed E-state index contributed by atoms with van der Waals surface area (Å²) in [7, 11) is -4.13. The van der Waals surface area contributed by atoms with Crippen LogP contribution in [0.25, 0.3) is 0 Å². The predicted octanol–water partition coefficient (Wildman–Crippen LogP) is 1.55. The lowest BCUT2D eigenvalue weighted by atomic mass is 10.2. The van der Waals surface area contributed by atoms with E-state index in [1.807, 2.05) is 0 Å². The Morgan fingerprint density at radius 1 is 1.43 bits per heavy atom.